The molecule has 0 radical (unpaired) electrons. The SMILES string of the molecule is CCOC(=O)C1C2CCCC(CC)(CN)C21. The highest BCUT2D eigenvalue weighted by atomic mass is 16.5. The monoisotopic (exact) mass is 225 g/mol. The normalized spacial score (nSPS) is 41.3. The minimum Gasteiger partial charge on any atom is -0.466 e. The Kier molecular flexibility index (Phi) is 3.24. The third-order valence-electron chi connectivity index (χ3n) is 4.76. The molecule has 0 aromatic carbocycles. The maximum atomic E-state index is 11.8. The molecule has 0 aromatic rings. The fraction of sp³-hybridized carbons (Fsp3) is 0.923. The van der Waals surface area contributed by atoms with Crippen LogP contribution < -0.4 is 5.73 Å². The van der Waals surface area contributed by atoms with E-state index in [0.717, 1.165) is 13.0 Å². The summed E-state index contributed by atoms with van der Waals surface area (Å²) in [6.45, 7) is 5.30. The molecule has 16 heavy (non-hydrogen) atoms. The summed E-state index contributed by atoms with van der Waals surface area (Å²) >= 11 is 0. The highest BCUT2D eigenvalue weighted by Crippen LogP contribution is 2.64. The number of rotatable bonds is 4. The van der Waals surface area contributed by atoms with Gasteiger partial charge in [-0.2, -0.15) is 0 Å². The Balaban J connectivity index is 2.08. The maximum absolute atomic E-state index is 11.8. The number of carbonyl (C=O) groups excluding carboxylic acids is 1. The second-order valence-corrected chi connectivity index (χ2v) is 5.28. The first-order chi connectivity index (χ1) is 7.70. The minimum absolute atomic E-state index is 0.0191. The minimum atomic E-state index is 0.0191. The van der Waals surface area contributed by atoms with Crippen LogP contribution in [0.2, 0.25) is 0 Å². The Bertz CT molecular complexity index is 273. The summed E-state index contributed by atoms with van der Waals surface area (Å²) in [4.78, 5) is 11.8. The first-order valence-corrected chi connectivity index (χ1v) is 6.57. The first kappa shape index (κ1) is 11.9. The van der Waals surface area contributed by atoms with Crippen LogP contribution in [0.4, 0.5) is 0 Å². The molecule has 2 aliphatic rings. The van der Waals surface area contributed by atoms with Gasteiger partial charge in [0, 0.05) is 0 Å². The summed E-state index contributed by atoms with van der Waals surface area (Å²) in [5, 5.41) is 0. The molecule has 4 unspecified atom stereocenters. The number of carbonyl (C=O) groups is 1. The molecule has 3 nitrogen and oxygen atoms in total. The Morgan fingerprint density at radius 2 is 2.25 bits per heavy atom. The van der Waals surface area contributed by atoms with Gasteiger partial charge in [-0.05, 0) is 50.0 Å². The van der Waals surface area contributed by atoms with E-state index in [1.54, 1.807) is 0 Å². The van der Waals surface area contributed by atoms with Crippen LogP contribution in [0.25, 0.3) is 0 Å². The van der Waals surface area contributed by atoms with E-state index in [-0.39, 0.29) is 17.3 Å². The summed E-state index contributed by atoms with van der Waals surface area (Å²) in [5.41, 5.74) is 6.17. The molecule has 2 saturated carbocycles. The van der Waals surface area contributed by atoms with Crippen molar-refractivity contribution in [3.05, 3.63) is 0 Å². The van der Waals surface area contributed by atoms with Crippen LogP contribution in [0.5, 0.6) is 0 Å². The van der Waals surface area contributed by atoms with E-state index >= 15 is 0 Å². The molecule has 0 aromatic heterocycles. The van der Waals surface area contributed by atoms with Crippen molar-refractivity contribution in [3.8, 4) is 0 Å². The number of fused-ring (bicyclic) bond motifs is 1. The predicted octanol–water partition coefficient (Wildman–Crippen LogP) is 1.95. The second kappa shape index (κ2) is 4.36. The van der Waals surface area contributed by atoms with Crippen molar-refractivity contribution in [1.82, 2.24) is 0 Å². The largest absolute Gasteiger partial charge is 0.466 e. The van der Waals surface area contributed by atoms with Gasteiger partial charge in [0.25, 0.3) is 0 Å². The zero-order chi connectivity index (χ0) is 11.8. The van der Waals surface area contributed by atoms with E-state index in [0.29, 0.717) is 18.4 Å². The third kappa shape index (κ3) is 1.65. The van der Waals surface area contributed by atoms with E-state index in [2.05, 4.69) is 6.92 Å². The van der Waals surface area contributed by atoms with Gasteiger partial charge < -0.3 is 10.5 Å². The first-order valence-electron chi connectivity index (χ1n) is 6.57. The van der Waals surface area contributed by atoms with E-state index in [1.807, 2.05) is 6.92 Å². The molecule has 2 N–H and O–H groups in total. The van der Waals surface area contributed by atoms with Gasteiger partial charge in [0.1, 0.15) is 0 Å². The second-order valence-electron chi connectivity index (χ2n) is 5.28. The summed E-state index contributed by atoms with van der Waals surface area (Å²) in [6.07, 6.45) is 4.70. The van der Waals surface area contributed by atoms with Crippen molar-refractivity contribution in [3.63, 3.8) is 0 Å². The predicted molar refractivity (Wildman–Crippen MR) is 62.7 cm³/mol. The fourth-order valence-corrected chi connectivity index (χ4v) is 3.78. The molecule has 92 valence electrons. The number of ether oxygens (including phenoxy) is 1. The van der Waals surface area contributed by atoms with Gasteiger partial charge >= 0.3 is 5.97 Å². The van der Waals surface area contributed by atoms with Crippen molar-refractivity contribution in [2.24, 2.45) is 28.9 Å². The molecule has 0 saturated heterocycles. The zero-order valence-electron chi connectivity index (χ0n) is 10.4. The average Bonchev–Trinajstić information content (AvgIpc) is 3.04. The zero-order valence-corrected chi connectivity index (χ0v) is 10.4. The van der Waals surface area contributed by atoms with Crippen LogP contribution in [0, 0.1) is 23.2 Å². The maximum Gasteiger partial charge on any atom is 0.309 e. The van der Waals surface area contributed by atoms with Gasteiger partial charge in [-0.3, -0.25) is 4.79 Å². The molecular formula is C13H23NO2. The van der Waals surface area contributed by atoms with Crippen LogP contribution >= 0.6 is 0 Å². The van der Waals surface area contributed by atoms with E-state index < -0.39 is 0 Å². The van der Waals surface area contributed by atoms with Gasteiger partial charge in [-0.25, -0.2) is 0 Å². The molecule has 4 atom stereocenters. The lowest BCUT2D eigenvalue weighted by atomic mass is 9.71. The molecule has 0 bridgehead atoms. The summed E-state index contributed by atoms with van der Waals surface area (Å²) < 4.78 is 5.16. The van der Waals surface area contributed by atoms with Gasteiger partial charge in [0.15, 0.2) is 0 Å². The van der Waals surface area contributed by atoms with Crippen LogP contribution in [-0.4, -0.2) is 19.1 Å². The standard InChI is InChI=1S/C13H23NO2/c1-3-13(8-14)7-5-6-9-10(11(9)13)12(15)16-4-2/h9-11H,3-8,14H2,1-2H3. The Labute approximate surface area is 97.7 Å². The van der Waals surface area contributed by atoms with Crippen molar-refractivity contribution in [2.45, 2.75) is 39.5 Å². The molecular weight excluding hydrogens is 202 g/mol. The summed E-state index contributed by atoms with van der Waals surface area (Å²) in [7, 11) is 0. The molecule has 0 spiro atoms. The number of hydrogen-bond donors (Lipinski definition) is 1. The highest BCUT2D eigenvalue weighted by molar-refractivity contribution is 5.77. The van der Waals surface area contributed by atoms with Crippen LogP contribution in [0.3, 0.4) is 0 Å². The topological polar surface area (TPSA) is 52.3 Å². The van der Waals surface area contributed by atoms with Gasteiger partial charge in [0.2, 0.25) is 0 Å². The summed E-state index contributed by atoms with van der Waals surface area (Å²) in [6, 6.07) is 0. The van der Waals surface area contributed by atoms with Crippen molar-refractivity contribution < 1.29 is 9.53 Å². The van der Waals surface area contributed by atoms with Crippen LogP contribution in [-0.2, 0) is 9.53 Å². The van der Waals surface area contributed by atoms with Gasteiger partial charge in [-0.15, -0.1) is 0 Å². The number of nitrogens with two attached hydrogens (primary N) is 1. The number of esters is 1. The molecule has 3 heteroatoms. The lowest BCUT2D eigenvalue weighted by Gasteiger charge is -2.35. The lowest BCUT2D eigenvalue weighted by molar-refractivity contribution is -0.145. The average molecular weight is 225 g/mol. The quantitative estimate of drug-likeness (QED) is 0.744. The van der Waals surface area contributed by atoms with E-state index in [9.17, 15) is 4.79 Å². The molecule has 2 fully saturated rings. The van der Waals surface area contributed by atoms with E-state index in [1.165, 1.54) is 19.3 Å². The van der Waals surface area contributed by atoms with Gasteiger partial charge in [0.05, 0.1) is 12.5 Å². The Morgan fingerprint density at radius 3 is 2.81 bits per heavy atom. The van der Waals surface area contributed by atoms with Crippen molar-refractivity contribution >= 4 is 5.97 Å². The fourth-order valence-electron chi connectivity index (χ4n) is 3.78. The third-order valence-corrected chi connectivity index (χ3v) is 4.76. The molecule has 0 aliphatic heterocycles. The highest BCUT2D eigenvalue weighted by Gasteiger charge is 2.64. The van der Waals surface area contributed by atoms with Crippen LogP contribution in [0.1, 0.15) is 39.5 Å². The summed E-state index contributed by atoms with van der Waals surface area (Å²) in [5.74, 6) is 1.25. The molecule has 2 aliphatic carbocycles. The Hall–Kier alpha value is -0.570. The molecule has 2 rings (SSSR count). The van der Waals surface area contributed by atoms with Crippen molar-refractivity contribution in [2.75, 3.05) is 13.2 Å². The molecule has 0 amide bonds. The number of hydrogen-bond acceptors (Lipinski definition) is 3. The van der Waals surface area contributed by atoms with Crippen LogP contribution in [0.15, 0.2) is 0 Å². The Morgan fingerprint density at radius 1 is 1.50 bits per heavy atom. The van der Waals surface area contributed by atoms with Gasteiger partial charge in [-0.1, -0.05) is 13.3 Å². The van der Waals surface area contributed by atoms with E-state index in [4.69, 9.17) is 10.5 Å². The van der Waals surface area contributed by atoms with Crippen molar-refractivity contribution in [1.29, 1.82) is 0 Å². The smallest absolute Gasteiger partial charge is 0.309 e. The lowest BCUT2D eigenvalue weighted by Crippen LogP contribution is -2.35. The molecule has 0 heterocycles.